The van der Waals surface area contributed by atoms with E-state index in [1.807, 2.05) is 43.3 Å². The molecule has 1 atom stereocenters. The predicted octanol–water partition coefficient (Wildman–Crippen LogP) is 3.19. The van der Waals surface area contributed by atoms with E-state index in [0.29, 0.717) is 46.3 Å². The molecule has 4 aromatic rings. The van der Waals surface area contributed by atoms with Gasteiger partial charge < -0.3 is 13.9 Å². The summed E-state index contributed by atoms with van der Waals surface area (Å²) >= 11 is 1.32. The van der Waals surface area contributed by atoms with Crippen LogP contribution in [0.5, 0.6) is 11.5 Å². The number of ether oxygens (including phenoxy) is 2. The van der Waals surface area contributed by atoms with Crippen LogP contribution in [0.2, 0.25) is 0 Å². The molecule has 29 heavy (non-hydrogen) atoms. The molecule has 0 bridgehead atoms. The molecule has 0 saturated heterocycles. The Morgan fingerprint density at radius 1 is 1.17 bits per heavy atom. The quantitative estimate of drug-likeness (QED) is 0.476. The van der Waals surface area contributed by atoms with Crippen LogP contribution in [0, 0.1) is 6.92 Å². The summed E-state index contributed by atoms with van der Waals surface area (Å²) in [5.41, 5.74) is 2.14. The molecular weight excluding hydrogens is 392 g/mol. The molecule has 5 rings (SSSR count). The summed E-state index contributed by atoms with van der Waals surface area (Å²) < 4.78 is 18.8. The number of rotatable bonds is 4. The summed E-state index contributed by atoms with van der Waals surface area (Å²) in [6, 6.07) is 12.7. The second-order valence-corrected chi connectivity index (χ2v) is 7.51. The third kappa shape index (κ3) is 3.56. The van der Waals surface area contributed by atoms with E-state index in [9.17, 15) is 4.79 Å². The summed E-state index contributed by atoms with van der Waals surface area (Å²) in [6.07, 6.45) is 1.31. The van der Waals surface area contributed by atoms with Crippen molar-refractivity contribution in [3.63, 3.8) is 0 Å². The summed E-state index contributed by atoms with van der Waals surface area (Å²) in [5, 5.41) is 8.51. The van der Waals surface area contributed by atoms with Gasteiger partial charge >= 0.3 is 0 Å². The number of nitrogens with zero attached hydrogens (tertiary/aromatic N) is 4. The molecule has 0 saturated carbocycles. The van der Waals surface area contributed by atoms with Gasteiger partial charge in [-0.05, 0) is 30.7 Å². The van der Waals surface area contributed by atoms with Gasteiger partial charge in [0.15, 0.2) is 11.5 Å². The van der Waals surface area contributed by atoms with Crippen LogP contribution in [0.4, 0.5) is 0 Å². The maximum Gasteiger partial charge on any atom is 0.277 e. The predicted molar refractivity (Wildman–Crippen MR) is 105 cm³/mol. The number of thioether (sulfide) groups is 1. The fourth-order valence-corrected chi connectivity index (χ4v) is 3.68. The molecule has 9 heteroatoms. The van der Waals surface area contributed by atoms with E-state index >= 15 is 0 Å². The highest BCUT2D eigenvalue weighted by Gasteiger charge is 2.27. The highest BCUT2D eigenvalue weighted by Crippen LogP contribution is 2.36. The molecule has 8 nitrogen and oxygen atoms in total. The molecular formula is C20H16N4O4S. The molecule has 0 radical (unpaired) electrons. The van der Waals surface area contributed by atoms with Crippen molar-refractivity contribution >= 4 is 17.4 Å². The average Bonchev–Trinajstić information content (AvgIpc) is 3.21. The van der Waals surface area contributed by atoms with Crippen molar-refractivity contribution in [3.05, 3.63) is 76.2 Å². The standard InChI is InChI=1S/C20H16N4O4S/c1-12-6-7-17-21-13(8-18(25)24(17)9-12)11-29-20-23-22-19(28-20)16-10-26-14-4-2-3-5-15(14)27-16/h2-9,16H,10-11H2,1H3. The highest BCUT2D eigenvalue weighted by atomic mass is 32.2. The zero-order chi connectivity index (χ0) is 19.8. The molecule has 0 fully saturated rings. The van der Waals surface area contributed by atoms with Crippen LogP contribution in [-0.2, 0) is 5.75 Å². The van der Waals surface area contributed by atoms with E-state index in [-0.39, 0.29) is 5.56 Å². The van der Waals surface area contributed by atoms with Gasteiger partial charge in [-0.3, -0.25) is 9.20 Å². The molecule has 0 aliphatic carbocycles. The number of para-hydroxylation sites is 2. The van der Waals surface area contributed by atoms with Gasteiger partial charge in [0.1, 0.15) is 12.3 Å². The Hall–Kier alpha value is -3.33. The number of hydrogen-bond donors (Lipinski definition) is 0. The van der Waals surface area contributed by atoms with Gasteiger partial charge in [0.2, 0.25) is 6.10 Å². The summed E-state index contributed by atoms with van der Waals surface area (Å²) in [7, 11) is 0. The second-order valence-electron chi connectivity index (χ2n) is 6.58. The SMILES string of the molecule is Cc1ccc2nc(CSc3nnc(C4COc5ccccc5O4)o3)cc(=O)n2c1. The lowest BCUT2D eigenvalue weighted by atomic mass is 10.2. The molecule has 1 unspecified atom stereocenters. The lowest BCUT2D eigenvalue weighted by molar-refractivity contribution is 0.0686. The Bertz CT molecular complexity index is 1250. The van der Waals surface area contributed by atoms with Gasteiger partial charge in [0.05, 0.1) is 5.69 Å². The Balaban J connectivity index is 1.29. The van der Waals surface area contributed by atoms with Crippen LogP contribution >= 0.6 is 11.8 Å². The molecule has 0 spiro atoms. The minimum atomic E-state index is -0.460. The van der Waals surface area contributed by atoms with Crippen molar-refractivity contribution in [3.8, 4) is 11.5 Å². The van der Waals surface area contributed by atoms with Gasteiger partial charge in [-0.15, -0.1) is 10.2 Å². The van der Waals surface area contributed by atoms with Crippen molar-refractivity contribution in [1.82, 2.24) is 19.6 Å². The summed E-state index contributed by atoms with van der Waals surface area (Å²) in [6.45, 7) is 2.23. The number of hydrogen-bond acceptors (Lipinski definition) is 8. The van der Waals surface area contributed by atoms with Crippen LogP contribution in [-0.4, -0.2) is 26.2 Å². The number of pyridine rings is 1. The Labute approximate surface area is 169 Å². The van der Waals surface area contributed by atoms with Crippen molar-refractivity contribution in [2.24, 2.45) is 0 Å². The van der Waals surface area contributed by atoms with Crippen LogP contribution in [0.15, 0.2) is 63.1 Å². The molecule has 1 aromatic carbocycles. The lowest BCUT2D eigenvalue weighted by Gasteiger charge is -2.23. The largest absolute Gasteiger partial charge is 0.485 e. The molecule has 1 aliphatic heterocycles. The first kappa shape index (κ1) is 17.7. The third-order valence-corrected chi connectivity index (χ3v) is 5.26. The molecule has 4 heterocycles. The minimum absolute atomic E-state index is 0.119. The van der Waals surface area contributed by atoms with E-state index < -0.39 is 6.10 Å². The summed E-state index contributed by atoms with van der Waals surface area (Å²) in [4.78, 5) is 16.8. The zero-order valence-corrected chi connectivity index (χ0v) is 16.3. The number of aryl methyl sites for hydroxylation is 1. The first-order valence-electron chi connectivity index (χ1n) is 8.99. The average molecular weight is 408 g/mol. The minimum Gasteiger partial charge on any atom is -0.485 e. The van der Waals surface area contributed by atoms with Gasteiger partial charge in [-0.25, -0.2) is 4.98 Å². The van der Waals surface area contributed by atoms with E-state index in [2.05, 4.69) is 15.2 Å². The molecule has 3 aromatic heterocycles. The van der Waals surface area contributed by atoms with Gasteiger partial charge in [0, 0.05) is 18.0 Å². The lowest BCUT2D eigenvalue weighted by Crippen LogP contribution is -2.21. The second kappa shape index (κ2) is 7.25. The summed E-state index contributed by atoms with van der Waals surface area (Å²) in [5.74, 6) is 2.13. The highest BCUT2D eigenvalue weighted by molar-refractivity contribution is 7.98. The van der Waals surface area contributed by atoms with Crippen molar-refractivity contribution in [1.29, 1.82) is 0 Å². The van der Waals surface area contributed by atoms with Gasteiger partial charge in [-0.2, -0.15) is 0 Å². The monoisotopic (exact) mass is 408 g/mol. The normalized spacial score (nSPS) is 15.6. The third-order valence-electron chi connectivity index (χ3n) is 4.41. The molecule has 0 amide bonds. The molecule has 1 aliphatic rings. The van der Waals surface area contributed by atoms with Crippen molar-refractivity contribution in [2.75, 3.05) is 6.61 Å². The van der Waals surface area contributed by atoms with Crippen molar-refractivity contribution in [2.45, 2.75) is 24.0 Å². The first-order valence-corrected chi connectivity index (χ1v) is 9.98. The maximum absolute atomic E-state index is 12.3. The van der Waals surface area contributed by atoms with Gasteiger partial charge in [0.25, 0.3) is 16.7 Å². The fourth-order valence-electron chi connectivity index (χ4n) is 3.02. The van der Waals surface area contributed by atoms with E-state index in [0.717, 1.165) is 5.56 Å². The smallest absolute Gasteiger partial charge is 0.277 e. The number of benzene rings is 1. The van der Waals surface area contributed by atoms with Crippen LogP contribution in [0.1, 0.15) is 23.3 Å². The van der Waals surface area contributed by atoms with Crippen LogP contribution in [0.25, 0.3) is 5.65 Å². The van der Waals surface area contributed by atoms with Crippen LogP contribution < -0.4 is 15.0 Å². The van der Waals surface area contributed by atoms with E-state index in [1.165, 1.54) is 22.2 Å². The van der Waals surface area contributed by atoms with Crippen LogP contribution in [0.3, 0.4) is 0 Å². The fraction of sp³-hybridized carbons (Fsp3) is 0.200. The number of fused-ring (bicyclic) bond motifs is 2. The Kier molecular flexibility index (Phi) is 4.44. The van der Waals surface area contributed by atoms with E-state index in [1.54, 1.807) is 6.20 Å². The molecule has 0 N–H and O–H groups in total. The first-order chi connectivity index (χ1) is 14.2. The maximum atomic E-state index is 12.3. The van der Waals surface area contributed by atoms with Crippen molar-refractivity contribution < 1.29 is 13.9 Å². The van der Waals surface area contributed by atoms with Gasteiger partial charge in [-0.1, -0.05) is 30.0 Å². The Morgan fingerprint density at radius 2 is 2.03 bits per heavy atom. The zero-order valence-electron chi connectivity index (χ0n) is 15.4. The topological polar surface area (TPSA) is 91.8 Å². The van der Waals surface area contributed by atoms with E-state index in [4.69, 9.17) is 13.9 Å². The number of aromatic nitrogens is 4. The Morgan fingerprint density at radius 3 is 2.93 bits per heavy atom. The molecule has 146 valence electrons.